The molecule has 3 aromatic rings. The summed E-state index contributed by atoms with van der Waals surface area (Å²) in [6, 6.07) is 13.7. The number of nitro benzene ring substituents is 1. The summed E-state index contributed by atoms with van der Waals surface area (Å²) in [5, 5.41) is 21.8. The molecule has 8 nitrogen and oxygen atoms in total. The Labute approximate surface area is 153 Å². The Morgan fingerprint density at radius 1 is 1.27 bits per heavy atom. The van der Waals surface area contributed by atoms with E-state index in [0.29, 0.717) is 23.8 Å². The van der Waals surface area contributed by atoms with Crippen LogP contribution in [0.1, 0.15) is 6.92 Å². The summed E-state index contributed by atoms with van der Waals surface area (Å²) in [5.41, 5.74) is 1.87. The first-order valence-electron chi connectivity index (χ1n) is 7.77. The molecule has 1 N–H and O–H groups in total. The molecular formula is C17H15ClN4O4. The first-order chi connectivity index (χ1) is 12.5. The number of hydrogen-bond donors (Lipinski definition) is 1. The highest BCUT2D eigenvalue weighted by Crippen LogP contribution is 2.28. The fourth-order valence-electron chi connectivity index (χ4n) is 2.28. The smallest absolute Gasteiger partial charge is 0.284 e. The van der Waals surface area contributed by atoms with Crippen LogP contribution in [0.3, 0.4) is 0 Å². The Kier molecular flexibility index (Phi) is 5.33. The molecule has 0 aliphatic heterocycles. The fraction of sp³-hybridized carbons (Fsp3) is 0.176. The summed E-state index contributed by atoms with van der Waals surface area (Å²) in [5.74, 6) is 0.292. The van der Waals surface area contributed by atoms with Crippen molar-refractivity contribution in [1.82, 2.24) is 10.3 Å². The minimum Gasteiger partial charge on any atom is -0.469 e. The molecule has 9 heteroatoms. The molecule has 0 saturated heterocycles. The van der Waals surface area contributed by atoms with Crippen LogP contribution >= 0.6 is 11.6 Å². The molecule has 0 unspecified atom stereocenters. The molecule has 1 heterocycles. The van der Waals surface area contributed by atoms with E-state index in [4.69, 9.17) is 21.0 Å². The highest BCUT2D eigenvalue weighted by molar-refractivity contribution is 6.33. The van der Waals surface area contributed by atoms with Gasteiger partial charge in [-0.2, -0.15) is 0 Å². The van der Waals surface area contributed by atoms with Crippen LogP contribution in [0.4, 0.5) is 11.4 Å². The Morgan fingerprint density at radius 3 is 2.73 bits per heavy atom. The number of nitrogens with one attached hydrogen (secondary N) is 1. The van der Waals surface area contributed by atoms with E-state index in [1.54, 1.807) is 6.07 Å². The maximum atomic E-state index is 10.7. The van der Waals surface area contributed by atoms with E-state index in [-0.39, 0.29) is 16.8 Å². The first-order valence-corrected chi connectivity index (χ1v) is 8.15. The molecule has 0 bridgehead atoms. The first kappa shape index (κ1) is 17.7. The standard InChI is InChI=1S/C17H15ClN4O4/c1-11(10-19-15-8-7-13(22(23)24)9-14(15)18)25-17-16(20-26-21-17)12-5-3-2-4-6-12/h2-9,11,19H,10H2,1H3/t11-/m0/s1. The van der Waals surface area contributed by atoms with Crippen molar-refractivity contribution in [1.29, 1.82) is 0 Å². The molecule has 2 aromatic carbocycles. The van der Waals surface area contributed by atoms with Crippen molar-refractivity contribution < 1.29 is 14.3 Å². The summed E-state index contributed by atoms with van der Waals surface area (Å²) in [6.45, 7) is 2.24. The van der Waals surface area contributed by atoms with Crippen LogP contribution in [0.2, 0.25) is 5.02 Å². The zero-order valence-electron chi connectivity index (χ0n) is 13.8. The minimum atomic E-state index is -0.496. The Hall–Kier alpha value is -3.13. The number of nitrogens with zero attached hydrogens (tertiary/aromatic N) is 3. The van der Waals surface area contributed by atoms with Crippen molar-refractivity contribution >= 4 is 23.0 Å². The second kappa shape index (κ2) is 7.83. The largest absolute Gasteiger partial charge is 0.469 e. The molecule has 0 radical (unpaired) electrons. The molecule has 0 spiro atoms. The van der Waals surface area contributed by atoms with Gasteiger partial charge in [0.2, 0.25) is 0 Å². The van der Waals surface area contributed by atoms with Crippen molar-refractivity contribution in [3.8, 4) is 17.1 Å². The fourth-order valence-corrected chi connectivity index (χ4v) is 2.52. The quantitative estimate of drug-likeness (QED) is 0.488. The van der Waals surface area contributed by atoms with Crippen molar-refractivity contribution in [2.24, 2.45) is 0 Å². The average Bonchev–Trinajstić information content (AvgIpc) is 3.09. The van der Waals surface area contributed by atoms with Gasteiger partial charge in [-0.15, -0.1) is 0 Å². The minimum absolute atomic E-state index is 0.0639. The summed E-state index contributed by atoms with van der Waals surface area (Å²) in [7, 11) is 0. The Balaban J connectivity index is 1.63. The lowest BCUT2D eigenvalue weighted by Crippen LogP contribution is -2.23. The highest BCUT2D eigenvalue weighted by atomic mass is 35.5. The van der Waals surface area contributed by atoms with E-state index in [1.165, 1.54) is 12.1 Å². The molecule has 0 amide bonds. The van der Waals surface area contributed by atoms with E-state index < -0.39 is 4.92 Å². The maximum Gasteiger partial charge on any atom is 0.284 e. The summed E-state index contributed by atoms with van der Waals surface area (Å²) >= 11 is 6.06. The number of anilines is 1. The number of benzene rings is 2. The Morgan fingerprint density at radius 2 is 2.04 bits per heavy atom. The second-order valence-electron chi connectivity index (χ2n) is 5.51. The van der Waals surface area contributed by atoms with E-state index in [9.17, 15) is 10.1 Å². The van der Waals surface area contributed by atoms with Gasteiger partial charge in [-0.25, -0.2) is 4.63 Å². The third-order valence-corrected chi connectivity index (χ3v) is 3.87. The topological polar surface area (TPSA) is 103 Å². The maximum absolute atomic E-state index is 10.7. The predicted octanol–water partition coefficient (Wildman–Crippen LogP) is 4.18. The second-order valence-corrected chi connectivity index (χ2v) is 5.92. The number of nitro groups is 1. The molecule has 1 aromatic heterocycles. The zero-order valence-corrected chi connectivity index (χ0v) is 14.5. The SMILES string of the molecule is C[C@@H](CNc1ccc([N+](=O)[O-])cc1Cl)Oc1nonc1-c1ccccc1. The normalized spacial score (nSPS) is 11.8. The van der Waals surface area contributed by atoms with Crippen LogP contribution in [-0.4, -0.2) is 27.9 Å². The lowest BCUT2D eigenvalue weighted by molar-refractivity contribution is -0.384. The van der Waals surface area contributed by atoms with Crippen LogP contribution in [0.15, 0.2) is 53.2 Å². The van der Waals surface area contributed by atoms with Gasteiger partial charge >= 0.3 is 0 Å². The van der Waals surface area contributed by atoms with Crippen LogP contribution in [-0.2, 0) is 0 Å². The molecule has 0 saturated carbocycles. The average molecular weight is 375 g/mol. The van der Waals surface area contributed by atoms with E-state index in [0.717, 1.165) is 5.56 Å². The summed E-state index contributed by atoms with van der Waals surface area (Å²) in [4.78, 5) is 10.2. The van der Waals surface area contributed by atoms with Crippen LogP contribution < -0.4 is 10.1 Å². The third kappa shape index (κ3) is 4.09. The highest BCUT2D eigenvalue weighted by Gasteiger charge is 2.17. The van der Waals surface area contributed by atoms with Gasteiger partial charge in [-0.3, -0.25) is 10.1 Å². The van der Waals surface area contributed by atoms with Crippen molar-refractivity contribution in [3.63, 3.8) is 0 Å². The van der Waals surface area contributed by atoms with Gasteiger partial charge in [-0.05, 0) is 23.3 Å². The molecule has 0 fully saturated rings. The van der Waals surface area contributed by atoms with Crippen LogP contribution in [0, 0.1) is 10.1 Å². The number of hydrogen-bond acceptors (Lipinski definition) is 7. The van der Waals surface area contributed by atoms with E-state index >= 15 is 0 Å². The molecular weight excluding hydrogens is 360 g/mol. The molecule has 134 valence electrons. The van der Waals surface area contributed by atoms with Gasteiger partial charge in [-0.1, -0.05) is 41.9 Å². The van der Waals surface area contributed by atoms with E-state index in [2.05, 4.69) is 15.6 Å². The number of halogens is 1. The van der Waals surface area contributed by atoms with Gasteiger partial charge in [0.15, 0.2) is 5.69 Å². The predicted molar refractivity (Wildman–Crippen MR) is 96.4 cm³/mol. The number of ether oxygens (including phenoxy) is 1. The lowest BCUT2D eigenvalue weighted by Gasteiger charge is -2.15. The molecule has 3 rings (SSSR count). The Bertz CT molecular complexity index is 901. The van der Waals surface area contributed by atoms with Crippen molar-refractivity contribution in [3.05, 3.63) is 63.7 Å². The zero-order chi connectivity index (χ0) is 18.5. The van der Waals surface area contributed by atoms with Gasteiger partial charge < -0.3 is 10.1 Å². The van der Waals surface area contributed by atoms with Crippen LogP contribution in [0.5, 0.6) is 5.88 Å². The number of rotatable bonds is 7. The van der Waals surface area contributed by atoms with Crippen molar-refractivity contribution in [2.45, 2.75) is 13.0 Å². The van der Waals surface area contributed by atoms with Gasteiger partial charge in [0, 0.05) is 17.7 Å². The lowest BCUT2D eigenvalue weighted by atomic mass is 10.2. The molecule has 0 aliphatic rings. The molecule has 1 atom stereocenters. The van der Waals surface area contributed by atoms with Crippen LogP contribution in [0.25, 0.3) is 11.3 Å². The number of non-ortho nitro benzene ring substituents is 1. The third-order valence-electron chi connectivity index (χ3n) is 3.56. The molecule has 26 heavy (non-hydrogen) atoms. The van der Waals surface area contributed by atoms with Gasteiger partial charge in [0.05, 0.1) is 22.2 Å². The summed E-state index contributed by atoms with van der Waals surface area (Å²) < 4.78 is 10.6. The number of aromatic nitrogens is 2. The van der Waals surface area contributed by atoms with Crippen molar-refractivity contribution in [2.75, 3.05) is 11.9 Å². The van der Waals surface area contributed by atoms with E-state index in [1.807, 2.05) is 37.3 Å². The molecule has 0 aliphatic carbocycles. The van der Waals surface area contributed by atoms with Gasteiger partial charge in [0.1, 0.15) is 6.10 Å². The van der Waals surface area contributed by atoms with Gasteiger partial charge in [0.25, 0.3) is 11.6 Å². The summed E-state index contributed by atoms with van der Waals surface area (Å²) in [6.07, 6.45) is -0.282. The monoisotopic (exact) mass is 374 g/mol.